The molecule has 0 unspecified atom stereocenters. The SMILES string of the molecule is COc1ccc(NC(=O)/C=C/c2ccccn2)c(C(=O)NC2CC2)c1. The van der Waals surface area contributed by atoms with Crippen molar-refractivity contribution in [2.75, 3.05) is 12.4 Å². The van der Waals surface area contributed by atoms with Gasteiger partial charge >= 0.3 is 0 Å². The van der Waals surface area contributed by atoms with Crippen LogP contribution in [0.5, 0.6) is 5.75 Å². The molecule has 1 aromatic carbocycles. The Morgan fingerprint density at radius 3 is 2.76 bits per heavy atom. The number of carbonyl (C=O) groups excluding carboxylic acids is 2. The van der Waals surface area contributed by atoms with Crippen LogP contribution >= 0.6 is 0 Å². The van der Waals surface area contributed by atoms with Crippen LogP contribution in [0.1, 0.15) is 28.9 Å². The zero-order chi connectivity index (χ0) is 17.6. The topological polar surface area (TPSA) is 80.3 Å². The third-order valence-corrected chi connectivity index (χ3v) is 3.74. The molecule has 0 aliphatic heterocycles. The van der Waals surface area contributed by atoms with Gasteiger partial charge in [-0.2, -0.15) is 0 Å². The fourth-order valence-corrected chi connectivity index (χ4v) is 2.25. The number of aromatic nitrogens is 1. The van der Waals surface area contributed by atoms with Crippen LogP contribution in [0.25, 0.3) is 6.08 Å². The highest BCUT2D eigenvalue weighted by Gasteiger charge is 2.25. The smallest absolute Gasteiger partial charge is 0.253 e. The van der Waals surface area contributed by atoms with Crippen LogP contribution in [0.3, 0.4) is 0 Å². The highest BCUT2D eigenvalue weighted by molar-refractivity contribution is 6.07. The summed E-state index contributed by atoms with van der Waals surface area (Å²) in [6.45, 7) is 0. The van der Waals surface area contributed by atoms with Gasteiger partial charge in [-0.05, 0) is 49.2 Å². The van der Waals surface area contributed by atoms with E-state index in [4.69, 9.17) is 4.74 Å². The first-order valence-electron chi connectivity index (χ1n) is 8.04. The lowest BCUT2D eigenvalue weighted by Gasteiger charge is -2.12. The van der Waals surface area contributed by atoms with Gasteiger partial charge in [-0.25, -0.2) is 0 Å². The number of pyridine rings is 1. The Balaban J connectivity index is 1.75. The molecule has 1 saturated carbocycles. The van der Waals surface area contributed by atoms with Crippen LogP contribution in [-0.2, 0) is 4.79 Å². The third kappa shape index (κ3) is 4.67. The zero-order valence-electron chi connectivity index (χ0n) is 13.9. The zero-order valence-corrected chi connectivity index (χ0v) is 13.9. The maximum atomic E-state index is 12.4. The summed E-state index contributed by atoms with van der Waals surface area (Å²) in [5, 5.41) is 5.66. The number of rotatable bonds is 6. The van der Waals surface area contributed by atoms with E-state index < -0.39 is 0 Å². The molecule has 0 radical (unpaired) electrons. The maximum Gasteiger partial charge on any atom is 0.253 e. The van der Waals surface area contributed by atoms with E-state index in [9.17, 15) is 9.59 Å². The van der Waals surface area contributed by atoms with E-state index in [0.717, 1.165) is 12.8 Å². The van der Waals surface area contributed by atoms with Crippen molar-refractivity contribution in [2.45, 2.75) is 18.9 Å². The lowest BCUT2D eigenvalue weighted by molar-refractivity contribution is -0.111. The van der Waals surface area contributed by atoms with Gasteiger partial charge in [-0.3, -0.25) is 14.6 Å². The van der Waals surface area contributed by atoms with E-state index in [1.165, 1.54) is 13.2 Å². The minimum atomic E-state index is -0.337. The Labute approximate surface area is 145 Å². The lowest BCUT2D eigenvalue weighted by atomic mass is 10.1. The summed E-state index contributed by atoms with van der Waals surface area (Å²) >= 11 is 0. The van der Waals surface area contributed by atoms with Gasteiger partial charge in [-0.1, -0.05) is 6.07 Å². The molecule has 1 aliphatic carbocycles. The second-order valence-electron chi connectivity index (χ2n) is 5.74. The predicted molar refractivity (Wildman–Crippen MR) is 95.4 cm³/mol. The van der Waals surface area contributed by atoms with Gasteiger partial charge in [-0.15, -0.1) is 0 Å². The normalized spacial score (nSPS) is 13.5. The Hall–Kier alpha value is -3.15. The molecule has 3 rings (SSSR count). The summed E-state index contributed by atoms with van der Waals surface area (Å²) in [4.78, 5) is 28.7. The van der Waals surface area contributed by atoms with Gasteiger partial charge in [0.1, 0.15) is 5.75 Å². The van der Waals surface area contributed by atoms with Gasteiger partial charge in [0.25, 0.3) is 5.91 Å². The van der Waals surface area contributed by atoms with Crippen LogP contribution in [-0.4, -0.2) is 29.9 Å². The van der Waals surface area contributed by atoms with Crippen molar-refractivity contribution in [3.8, 4) is 5.75 Å². The molecule has 0 saturated heterocycles. The van der Waals surface area contributed by atoms with Crippen LogP contribution in [0.4, 0.5) is 5.69 Å². The monoisotopic (exact) mass is 337 g/mol. The van der Waals surface area contributed by atoms with E-state index in [2.05, 4.69) is 15.6 Å². The fourth-order valence-electron chi connectivity index (χ4n) is 2.25. The maximum absolute atomic E-state index is 12.4. The number of hydrogen-bond acceptors (Lipinski definition) is 4. The highest BCUT2D eigenvalue weighted by Crippen LogP contribution is 2.25. The summed E-state index contributed by atoms with van der Waals surface area (Å²) < 4.78 is 5.18. The molecule has 2 N–H and O–H groups in total. The van der Waals surface area contributed by atoms with Gasteiger partial charge in [0.05, 0.1) is 24.1 Å². The Morgan fingerprint density at radius 1 is 1.24 bits per heavy atom. The third-order valence-electron chi connectivity index (χ3n) is 3.74. The number of carbonyl (C=O) groups is 2. The summed E-state index contributed by atoms with van der Waals surface area (Å²) in [7, 11) is 1.53. The number of anilines is 1. The molecule has 1 heterocycles. The van der Waals surface area contributed by atoms with Crippen LogP contribution in [0, 0.1) is 0 Å². The van der Waals surface area contributed by atoms with Gasteiger partial charge < -0.3 is 15.4 Å². The Bertz CT molecular complexity index is 799. The van der Waals surface area contributed by atoms with Crippen LogP contribution in [0.15, 0.2) is 48.7 Å². The molecule has 6 heteroatoms. The average Bonchev–Trinajstić information content (AvgIpc) is 3.45. The number of amides is 2. The van der Waals surface area contributed by atoms with Crippen LogP contribution < -0.4 is 15.4 Å². The predicted octanol–water partition coefficient (Wildman–Crippen LogP) is 2.63. The van der Waals surface area contributed by atoms with Crippen molar-refractivity contribution in [3.05, 3.63) is 59.9 Å². The van der Waals surface area contributed by atoms with Crippen LogP contribution in [0.2, 0.25) is 0 Å². The number of methoxy groups -OCH3 is 1. The molecule has 0 bridgehead atoms. The standard InChI is InChI=1S/C19H19N3O3/c1-25-15-8-9-17(16(12-15)19(24)21-14-5-6-14)22-18(23)10-7-13-4-2-3-11-20-13/h2-4,7-12,14H,5-6H2,1H3,(H,21,24)(H,22,23)/b10-7+. The molecule has 25 heavy (non-hydrogen) atoms. The van der Waals surface area contributed by atoms with Crippen molar-refractivity contribution in [1.82, 2.24) is 10.3 Å². The summed E-state index contributed by atoms with van der Waals surface area (Å²) in [6, 6.07) is 10.7. The molecule has 0 atom stereocenters. The second-order valence-corrected chi connectivity index (χ2v) is 5.74. The molecule has 2 aromatic rings. The Kier molecular flexibility index (Phi) is 5.09. The molecule has 0 spiro atoms. The number of benzene rings is 1. The minimum Gasteiger partial charge on any atom is -0.497 e. The first-order valence-corrected chi connectivity index (χ1v) is 8.04. The molecule has 2 amide bonds. The quantitative estimate of drug-likeness (QED) is 0.794. The van der Waals surface area contributed by atoms with E-state index >= 15 is 0 Å². The van der Waals surface area contributed by atoms with Gasteiger partial charge in [0.2, 0.25) is 5.91 Å². The van der Waals surface area contributed by atoms with Crippen molar-refractivity contribution >= 4 is 23.6 Å². The largest absolute Gasteiger partial charge is 0.497 e. The second kappa shape index (κ2) is 7.61. The van der Waals surface area contributed by atoms with Crippen molar-refractivity contribution in [1.29, 1.82) is 0 Å². The highest BCUT2D eigenvalue weighted by atomic mass is 16.5. The molecule has 128 valence electrons. The number of nitrogens with zero attached hydrogens (tertiary/aromatic N) is 1. The van der Waals surface area contributed by atoms with Crippen molar-refractivity contribution < 1.29 is 14.3 Å². The number of hydrogen-bond donors (Lipinski definition) is 2. The van der Waals surface area contributed by atoms with Gasteiger partial charge in [0, 0.05) is 18.3 Å². The average molecular weight is 337 g/mol. The van der Waals surface area contributed by atoms with Crippen molar-refractivity contribution in [3.63, 3.8) is 0 Å². The van der Waals surface area contributed by atoms with E-state index in [1.54, 1.807) is 42.6 Å². The number of nitrogens with one attached hydrogen (secondary N) is 2. The summed E-state index contributed by atoms with van der Waals surface area (Å²) in [6.07, 6.45) is 6.63. The summed E-state index contributed by atoms with van der Waals surface area (Å²) in [5.74, 6) is 0.00433. The lowest BCUT2D eigenvalue weighted by Crippen LogP contribution is -2.26. The molecule has 6 nitrogen and oxygen atoms in total. The fraction of sp³-hybridized carbons (Fsp3) is 0.211. The first kappa shape index (κ1) is 16.7. The van der Waals surface area contributed by atoms with Crippen molar-refractivity contribution in [2.24, 2.45) is 0 Å². The molecule has 1 aliphatic rings. The Morgan fingerprint density at radius 2 is 2.08 bits per heavy atom. The summed E-state index contributed by atoms with van der Waals surface area (Å²) in [5.41, 5.74) is 1.50. The molecule has 1 aromatic heterocycles. The molecular formula is C19H19N3O3. The molecular weight excluding hydrogens is 318 g/mol. The number of ether oxygens (including phenoxy) is 1. The van der Waals surface area contributed by atoms with E-state index in [0.29, 0.717) is 22.7 Å². The van der Waals surface area contributed by atoms with Gasteiger partial charge in [0.15, 0.2) is 0 Å². The van der Waals surface area contributed by atoms with E-state index in [-0.39, 0.29) is 17.9 Å². The minimum absolute atomic E-state index is 0.217. The first-order chi connectivity index (χ1) is 12.2. The molecule has 1 fully saturated rings. The van der Waals surface area contributed by atoms with E-state index in [1.807, 2.05) is 6.07 Å².